The number of hydrogen-bond donors (Lipinski definition) is 0. The summed E-state index contributed by atoms with van der Waals surface area (Å²) in [6.45, 7) is 4.37. The minimum Gasteiger partial charge on any atom is -0.231 e. The Bertz CT molecular complexity index is 471. The number of aromatic nitrogens is 2. The normalized spacial score (nSPS) is 10.7. The maximum atomic E-state index is 4.59. The predicted octanol–water partition coefficient (Wildman–Crippen LogP) is 3.58. The summed E-state index contributed by atoms with van der Waals surface area (Å²) in [6, 6.07) is 10.4. The molecule has 2 heteroatoms. The first-order valence-corrected chi connectivity index (χ1v) is 6.40. The van der Waals surface area contributed by atoms with E-state index >= 15 is 0 Å². The van der Waals surface area contributed by atoms with Crippen molar-refractivity contribution in [1.29, 1.82) is 0 Å². The highest BCUT2D eigenvalue weighted by Gasteiger charge is 2.05. The van der Waals surface area contributed by atoms with Crippen LogP contribution in [0.3, 0.4) is 0 Å². The molecule has 2 rings (SSSR count). The van der Waals surface area contributed by atoms with Crippen LogP contribution in [0.4, 0.5) is 0 Å². The quantitative estimate of drug-likeness (QED) is 0.763. The van der Waals surface area contributed by atoms with Crippen LogP contribution < -0.4 is 0 Å². The van der Waals surface area contributed by atoms with Crippen LogP contribution in [0.25, 0.3) is 5.69 Å². The van der Waals surface area contributed by atoms with E-state index in [1.807, 2.05) is 10.7 Å². The molecule has 0 aliphatic carbocycles. The molecule has 1 aromatic heterocycles. The lowest BCUT2D eigenvalue weighted by molar-refractivity contribution is 0.749. The molecule has 0 unspecified atom stereocenters. The van der Waals surface area contributed by atoms with Gasteiger partial charge in [0.15, 0.2) is 0 Å². The average Bonchev–Trinajstić information content (AvgIpc) is 2.85. The number of rotatable bonds is 5. The van der Waals surface area contributed by atoms with E-state index in [0.717, 1.165) is 24.2 Å². The highest BCUT2D eigenvalue weighted by molar-refractivity contribution is 5.40. The molecule has 0 atom stereocenters. The van der Waals surface area contributed by atoms with Crippen LogP contribution in [0.15, 0.2) is 30.3 Å². The van der Waals surface area contributed by atoms with Crippen LogP contribution >= 0.6 is 0 Å². The summed E-state index contributed by atoms with van der Waals surface area (Å²) >= 11 is 0. The number of hydrogen-bond acceptors (Lipinski definition) is 1. The van der Waals surface area contributed by atoms with Crippen LogP contribution in [0, 0.1) is 6.20 Å². The SMILES string of the molecule is CCCCc1c[c]n(-c2ccccc2CC)n1. The average molecular weight is 227 g/mol. The van der Waals surface area contributed by atoms with Gasteiger partial charge in [0, 0.05) is 0 Å². The summed E-state index contributed by atoms with van der Waals surface area (Å²) in [7, 11) is 0. The topological polar surface area (TPSA) is 17.8 Å². The van der Waals surface area contributed by atoms with Gasteiger partial charge in [-0.1, -0.05) is 38.5 Å². The fourth-order valence-corrected chi connectivity index (χ4v) is 1.94. The van der Waals surface area contributed by atoms with Gasteiger partial charge in [-0.3, -0.25) is 0 Å². The summed E-state index contributed by atoms with van der Waals surface area (Å²) in [5, 5.41) is 4.59. The van der Waals surface area contributed by atoms with Crippen molar-refractivity contribution in [2.24, 2.45) is 0 Å². The lowest BCUT2D eigenvalue weighted by Gasteiger charge is -2.06. The zero-order valence-corrected chi connectivity index (χ0v) is 10.6. The fourth-order valence-electron chi connectivity index (χ4n) is 1.94. The molecule has 17 heavy (non-hydrogen) atoms. The maximum Gasteiger partial charge on any atom is 0.0929 e. The van der Waals surface area contributed by atoms with E-state index in [1.54, 1.807) is 0 Å². The van der Waals surface area contributed by atoms with E-state index in [1.165, 1.54) is 18.4 Å². The van der Waals surface area contributed by atoms with Crippen LogP contribution in [-0.2, 0) is 12.8 Å². The summed E-state index contributed by atoms with van der Waals surface area (Å²) < 4.78 is 1.88. The molecule has 0 aliphatic rings. The third-order valence-electron chi connectivity index (χ3n) is 2.97. The Kier molecular flexibility index (Phi) is 3.97. The van der Waals surface area contributed by atoms with Crippen molar-refractivity contribution in [3.63, 3.8) is 0 Å². The largest absolute Gasteiger partial charge is 0.231 e. The molecule has 0 aliphatic heterocycles. The number of benzene rings is 1. The molecule has 0 spiro atoms. The third-order valence-corrected chi connectivity index (χ3v) is 2.97. The zero-order chi connectivity index (χ0) is 12.1. The molecule has 1 heterocycles. The summed E-state index contributed by atoms with van der Waals surface area (Å²) in [6.07, 6.45) is 7.68. The number of para-hydroxylation sites is 1. The Balaban J connectivity index is 2.24. The lowest BCUT2D eigenvalue weighted by Crippen LogP contribution is -2.00. The van der Waals surface area contributed by atoms with Gasteiger partial charge >= 0.3 is 0 Å². The van der Waals surface area contributed by atoms with Gasteiger partial charge in [0.25, 0.3) is 0 Å². The van der Waals surface area contributed by atoms with Gasteiger partial charge < -0.3 is 0 Å². The van der Waals surface area contributed by atoms with Gasteiger partial charge in [-0.2, -0.15) is 5.10 Å². The molecule has 2 aromatic rings. The van der Waals surface area contributed by atoms with E-state index in [2.05, 4.69) is 49.4 Å². The molecule has 2 nitrogen and oxygen atoms in total. The Hall–Kier alpha value is -1.57. The number of unbranched alkanes of at least 4 members (excludes halogenated alkanes) is 1. The second-order valence-corrected chi connectivity index (χ2v) is 4.26. The molecule has 0 saturated heterocycles. The molecule has 1 aromatic carbocycles. The Labute approximate surface area is 103 Å². The molecular weight excluding hydrogens is 208 g/mol. The molecular formula is C15H19N2. The summed E-state index contributed by atoms with van der Waals surface area (Å²) in [5.74, 6) is 0. The molecule has 0 saturated carbocycles. The first kappa shape index (κ1) is 11.9. The van der Waals surface area contributed by atoms with Crippen LogP contribution in [0.2, 0.25) is 0 Å². The van der Waals surface area contributed by atoms with Crippen LogP contribution in [0.5, 0.6) is 0 Å². The van der Waals surface area contributed by atoms with Crippen molar-refractivity contribution in [3.05, 3.63) is 47.8 Å². The standard InChI is InChI=1S/C15H19N2/c1-3-5-9-14-11-12-17(16-14)15-10-7-6-8-13(15)4-2/h6-8,10-11H,3-5,9H2,1-2H3. The third kappa shape index (κ3) is 2.76. The van der Waals surface area contributed by atoms with E-state index in [4.69, 9.17) is 0 Å². The van der Waals surface area contributed by atoms with Crippen molar-refractivity contribution >= 4 is 0 Å². The number of nitrogens with zero attached hydrogens (tertiary/aromatic N) is 2. The van der Waals surface area contributed by atoms with Crippen molar-refractivity contribution in [2.45, 2.75) is 39.5 Å². The first-order chi connectivity index (χ1) is 8.35. The highest BCUT2D eigenvalue weighted by atomic mass is 15.3. The minimum atomic E-state index is 1.02. The van der Waals surface area contributed by atoms with Crippen LogP contribution in [0.1, 0.15) is 37.9 Å². The lowest BCUT2D eigenvalue weighted by atomic mass is 10.1. The van der Waals surface area contributed by atoms with E-state index < -0.39 is 0 Å². The van der Waals surface area contributed by atoms with Gasteiger partial charge in [-0.25, -0.2) is 4.68 Å². The molecule has 0 fully saturated rings. The van der Waals surface area contributed by atoms with E-state index in [0.29, 0.717) is 0 Å². The predicted molar refractivity (Wildman–Crippen MR) is 70.4 cm³/mol. The molecule has 1 radical (unpaired) electrons. The molecule has 89 valence electrons. The maximum absolute atomic E-state index is 4.59. The van der Waals surface area contributed by atoms with Crippen molar-refractivity contribution in [1.82, 2.24) is 9.78 Å². The Morgan fingerprint density at radius 3 is 2.82 bits per heavy atom. The van der Waals surface area contributed by atoms with Gasteiger partial charge in [0.05, 0.1) is 17.6 Å². The Morgan fingerprint density at radius 2 is 2.06 bits per heavy atom. The summed E-state index contributed by atoms with van der Waals surface area (Å²) in [4.78, 5) is 0. The van der Waals surface area contributed by atoms with E-state index in [-0.39, 0.29) is 0 Å². The smallest absolute Gasteiger partial charge is 0.0929 e. The second-order valence-electron chi connectivity index (χ2n) is 4.26. The van der Waals surface area contributed by atoms with Gasteiger partial charge in [0.1, 0.15) is 0 Å². The number of aryl methyl sites for hydroxylation is 2. The first-order valence-electron chi connectivity index (χ1n) is 6.40. The Morgan fingerprint density at radius 1 is 1.24 bits per heavy atom. The van der Waals surface area contributed by atoms with E-state index in [9.17, 15) is 0 Å². The van der Waals surface area contributed by atoms with Crippen LogP contribution in [-0.4, -0.2) is 9.78 Å². The van der Waals surface area contributed by atoms with Crippen molar-refractivity contribution < 1.29 is 0 Å². The van der Waals surface area contributed by atoms with Crippen molar-refractivity contribution in [3.8, 4) is 5.69 Å². The monoisotopic (exact) mass is 227 g/mol. The highest BCUT2D eigenvalue weighted by Crippen LogP contribution is 2.14. The van der Waals surface area contributed by atoms with Gasteiger partial charge in [-0.15, -0.1) is 0 Å². The second kappa shape index (κ2) is 5.67. The minimum absolute atomic E-state index is 1.02. The zero-order valence-electron chi connectivity index (χ0n) is 10.6. The molecule has 0 N–H and O–H groups in total. The van der Waals surface area contributed by atoms with Gasteiger partial charge in [0.2, 0.25) is 0 Å². The van der Waals surface area contributed by atoms with Gasteiger partial charge in [-0.05, 0) is 37.0 Å². The fraction of sp³-hybridized carbons (Fsp3) is 0.400. The summed E-state index contributed by atoms with van der Waals surface area (Å²) in [5.41, 5.74) is 3.60. The molecule has 0 bridgehead atoms. The van der Waals surface area contributed by atoms with Crippen molar-refractivity contribution in [2.75, 3.05) is 0 Å². The molecule has 0 amide bonds.